The van der Waals surface area contributed by atoms with E-state index in [9.17, 15) is 13.2 Å². The Kier molecular flexibility index (Phi) is 4.26. The highest BCUT2D eigenvalue weighted by Crippen LogP contribution is 2.17. The third-order valence-corrected chi connectivity index (χ3v) is 4.82. The van der Waals surface area contributed by atoms with Gasteiger partial charge >= 0.3 is 5.97 Å². The number of hydrogen-bond donors (Lipinski definition) is 2. The van der Waals surface area contributed by atoms with E-state index in [1.165, 1.54) is 12.1 Å². The Labute approximate surface area is 120 Å². The molecule has 0 amide bonds. The van der Waals surface area contributed by atoms with Crippen LogP contribution in [0.25, 0.3) is 0 Å². The second-order valence-corrected chi connectivity index (χ2v) is 6.63. The molecule has 2 aromatic heterocycles. The first-order valence-electron chi connectivity index (χ1n) is 5.81. The molecule has 0 bridgehead atoms. The van der Waals surface area contributed by atoms with Crippen molar-refractivity contribution in [1.29, 1.82) is 0 Å². The van der Waals surface area contributed by atoms with Crippen molar-refractivity contribution in [2.45, 2.75) is 25.0 Å². The molecule has 2 N–H and O–H groups in total. The van der Waals surface area contributed by atoms with Crippen LogP contribution in [0, 0.1) is 0 Å². The number of hydrogen-bond acceptors (Lipinski definition) is 5. The molecule has 0 saturated carbocycles. The van der Waals surface area contributed by atoms with Crippen molar-refractivity contribution in [3.63, 3.8) is 0 Å². The molecule has 2 aromatic rings. The van der Waals surface area contributed by atoms with Crippen LogP contribution in [0.2, 0.25) is 0 Å². The molecule has 108 valence electrons. The van der Waals surface area contributed by atoms with Crippen molar-refractivity contribution in [2.75, 3.05) is 0 Å². The molecule has 0 spiro atoms. The predicted octanol–water partition coefficient (Wildman–Crippen LogP) is 2.08. The van der Waals surface area contributed by atoms with Crippen molar-refractivity contribution >= 4 is 27.3 Å². The van der Waals surface area contributed by atoms with E-state index in [-0.39, 0.29) is 16.5 Å². The largest absolute Gasteiger partial charge is 0.477 e. The van der Waals surface area contributed by atoms with Gasteiger partial charge < -0.3 is 9.52 Å². The Morgan fingerprint density at radius 2 is 2.20 bits per heavy atom. The molecule has 0 unspecified atom stereocenters. The maximum absolute atomic E-state index is 12.0. The van der Waals surface area contributed by atoms with E-state index >= 15 is 0 Å². The molecule has 0 fully saturated rings. The maximum atomic E-state index is 12.0. The van der Waals surface area contributed by atoms with E-state index < -0.39 is 16.0 Å². The van der Waals surface area contributed by atoms with Crippen molar-refractivity contribution < 1.29 is 22.7 Å². The molecule has 0 aliphatic heterocycles. The highest BCUT2D eigenvalue weighted by molar-refractivity contribution is 7.89. The van der Waals surface area contributed by atoms with Crippen molar-refractivity contribution in [3.8, 4) is 0 Å². The number of aromatic carboxylic acids is 1. The lowest BCUT2D eigenvalue weighted by molar-refractivity contribution is 0.0702. The van der Waals surface area contributed by atoms with E-state index in [0.29, 0.717) is 17.7 Å². The van der Waals surface area contributed by atoms with Gasteiger partial charge in [0, 0.05) is 13.0 Å². The predicted molar refractivity (Wildman–Crippen MR) is 73.4 cm³/mol. The summed E-state index contributed by atoms with van der Waals surface area (Å²) in [5, 5.41) is 10.3. The summed E-state index contributed by atoms with van der Waals surface area (Å²) in [6.45, 7) is 1.88. The quantitative estimate of drug-likeness (QED) is 0.850. The summed E-state index contributed by atoms with van der Waals surface area (Å²) in [7, 11) is -3.72. The molecule has 0 saturated heterocycles. The van der Waals surface area contributed by atoms with Crippen LogP contribution in [0.3, 0.4) is 0 Å². The van der Waals surface area contributed by atoms with Gasteiger partial charge in [0.2, 0.25) is 5.09 Å². The summed E-state index contributed by atoms with van der Waals surface area (Å²) >= 11 is 1.05. The monoisotopic (exact) mass is 315 g/mol. The number of nitrogens with one attached hydrogen (secondary N) is 1. The molecule has 8 heteroatoms. The molecular formula is C12H13NO5S2. The highest BCUT2D eigenvalue weighted by Gasteiger charge is 2.18. The highest BCUT2D eigenvalue weighted by atomic mass is 32.2. The Morgan fingerprint density at radius 3 is 2.75 bits per heavy atom. The Balaban J connectivity index is 2.06. The lowest BCUT2D eigenvalue weighted by Crippen LogP contribution is -2.22. The molecular weight excluding hydrogens is 302 g/mol. The van der Waals surface area contributed by atoms with E-state index in [4.69, 9.17) is 9.52 Å². The minimum absolute atomic E-state index is 0.0221. The lowest BCUT2D eigenvalue weighted by Gasteiger charge is -2.02. The molecule has 6 nitrogen and oxygen atoms in total. The fourth-order valence-electron chi connectivity index (χ4n) is 1.52. The summed E-state index contributed by atoms with van der Waals surface area (Å²) in [5.41, 5.74) is 0.596. The summed E-state index contributed by atoms with van der Waals surface area (Å²) in [4.78, 5) is 10.9. The Bertz CT molecular complexity index is 714. The fraction of sp³-hybridized carbons (Fsp3) is 0.250. The van der Waals surface area contributed by atoms with E-state index in [1.807, 2.05) is 6.92 Å². The van der Waals surface area contributed by atoms with Gasteiger partial charge in [0.05, 0.1) is 0 Å². The standard InChI is InChI=1S/C12H13NO5S2/c1-2-9-3-4-11(18-9)20(16,17)13-6-8-5-10(12(14)15)19-7-8/h3-5,7,13H,2,6H2,1H3,(H,14,15). The molecule has 0 radical (unpaired) electrons. The van der Waals surface area contributed by atoms with Crippen LogP contribution >= 0.6 is 11.3 Å². The van der Waals surface area contributed by atoms with Crippen LogP contribution in [0.4, 0.5) is 0 Å². The zero-order chi connectivity index (χ0) is 14.8. The minimum atomic E-state index is -3.72. The van der Waals surface area contributed by atoms with E-state index in [2.05, 4.69) is 4.72 Å². The van der Waals surface area contributed by atoms with Crippen LogP contribution < -0.4 is 4.72 Å². The molecule has 0 aliphatic carbocycles. The first-order chi connectivity index (χ1) is 9.42. The van der Waals surface area contributed by atoms with Crippen LogP contribution in [0.1, 0.15) is 27.9 Å². The van der Waals surface area contributed by atoms with Crippen LogP contribution in [0.15, 0.2) is 33.1 Å². The van der Waals surface area contributed by atoms with Gasteiger partial charge in [-0.15, -0.1) is 11.3 Å². The molecule has 0 aliphatic rings. The van der Waals surface area contributed by atoms with Crippen molar-refractivity contribution in [3.05, 3.63) is 39.8 Å². The summed E-state index contributed by atoms with van der Waals surface area (Å²) < 4.78 is 31.5. The number of rotatable bonds is 6. The minimum Gasteiger partial charge on any atom is -0.477 e. The normalized spacial score (nSPS) is 11.7. The number of furan rings is 1. The van der Waals surface area contributed by atoms with Crippen molar-refractivity contribution in [1.82, 2.24) is 4.72 Å². The molecule has 0 atom stereocenters. The lowest BCUT2D eigenvalue weighted by atomic mass is 10.3. The fourth-order valence-corrected chi connectivity index (χ4v) is 3.24. The smallest absolute Gasteiger partial charge is 0.345 e. The third-order valence-electron chi connectivity index (χ3n) is 2.58. The van der Waals surface area contributed by atoms with Gasteiger partial charge in [-0.1, -0.05) is 6.92 Å². The molecule has 2 rings (SSSR count). The van der Waals surface area contributed by atoms with Gasteiger partial charge in [0.1, 0.15) is 10.6 Å². The van der Waals surface area contributed by atoms with Gasteiger partial charge in [-0.3, -0.25) is 0 Å². The Morgan fingerprint density at radius 1 is 1.45 bits per heavy atom. The molecule has 20 heavy (non-hydrogen) atoms. The second kappa shape index (κ2) is 5.78. The average Bonchev–Trinajstić information content (AvgIpc) is 3.05. The SMILES string of the molecule is CCc1ccc(S(=O)(=O)NCc2csc(C(=O)O)c2)o1. The van der Waals surface area contributed by atoms with Gasteiger partial charge in [0.25, 0.3) is 10.0 Å². The van der Waals surface area contributed by atoms with Gasteiger partial charge in [-0.2, -0.15) is 0 Å². The number of sulfonamides is 1. The summed E-state index contributed by atoms with van der Waals surface area (Å²) in [6.07, 6.45) is 0.613. The van der Waals surface area contributed by atoms with Gasteiger partial charge in [-0.05, 0) is 29.1 Å². The van der Waals surface area contributed by atoms with Crippen molar-refractivity contribution in [2.24, 2.45) is 0 Å². The number of thiophene rings is 1. The zero-order valence-corrected chi connectivity index (χ0v) is 12.3. The number of carboxylic acid groups (broad SMARTS) is 1. The molecule has 2 heterocycles. The summed E-state index contributed by atoms with van der Waals surface area (Å²) in [6, 6.07) is 4.45. The maximum Gasteiger partial charge on any atom is 0.345 e. The second-order valence-electron chi connectivity index (χ2n) is 4.02. The zero-order valence-electron chi connectivity index (χ0n) is 10.6. The first-order valence-corrected chi connectivity index (χ1v) is 8.17. The van der Waals surface area contributed by atoms with Gasteiger partial charge in [0.15, 0.2) is 0 Å². The molecule has 0 aromatic carbocycles. The number of carboxylic acids is 1. The third kappa shape index (κ3) is 3.27. The van der Waals surface area contributed by atoms with E-state index in [1.54, 1.807) is 11.4 Å². The topological polar surface area (TPSA) is 96.6 Å². The summed E-state index contributed by atoms with van der Waals surface area (Å²) in [5.74, 6) is -0.434. The van der Waals surface area contributed by atoms with Crippen LogP contribution in [-0.4, -0.2) is 19.5 Å². The first kappa shape index (κ1) is 14.8. The van der Waals surface area contributed by atoms with E-state index in [0.717, 1.165) is 11.3 Å². The number of carbonyl (C=O) groups is 1. The van der Waals surface area contributed by atoms with Crippen LogP contribution in [0.5, 0.6) is 0 Å². The van der Waals surface area contributed by atoms with Crippen LogP contribution in [-0.2, 0) is 23.0 Å². The average molecular weight is 315 g/mol. The number of aryl methyl sites for hydroxylation is 1. The van der Waals surface area contributed by atoms with Gasteiger partial charge in [-0.25, -0.2) is 17.9 Å². The Hall–Kier alpha value is -1.64.